The summed E-state index contributed by atoms with van der Waals surface area (Å²) in [4.78, 5) is 0. The van der Waals surface area contributed by atoms with Crippen LogP contribution >= 0.6 is 0 Å². The summed E-state index contributed by atoms with van der Waals surface area (Å²) in [5, 5.41) is 0. The molecule has 39 heavy (non-hydrogen) atoms. The molecule has 1 aliphatic rings. The molecular weight excluding hydrogens is 567 g/mol. The molecule has 0 aromatic heterocycles. The first kappa shape index (κ1) is 37.2. The summed E-state index contributed by atoms with van der Waals surface area (Å²) in [6.45, 7) is 9.03. The van der Waals surface area contributed by atoms with Gasteiger partial charge >= 0.3 is 20.4 Å². The monoisotopic (exact) mass is 620 g/mol. The SMILES string of the molecule is CCCCCC1=C(c2cccc(CCCC)c2)[N+](=[N-])C(c2cccc(CCCC)c2)=C1CCCCC.[CH3-].[CH3-].[Pd+2]. The van der Waals surface area contributed by atoms with Gasteiger partial charge in [-0.25, -0.2) is 4.70 Å². The maximum absolute atomic E-state index is 11.9. The molecule has 0 unspecified atom stereocenters. The van der Waals surface area contributed by atoms with Gasteiger partial charge in [-0.3, -0.25) is 0 Å². The van der Waals surface area contributed by atoms with Crippen LogP contribution < -0.4 is 0 Å². The number of unbranched alkanes of at least 4 members (excludes halogenated alkanes) is 6. The van der Waals surface area contributed by atoms with Gasteiger partial charge in [-0.15, -0.1) is 0 Å². The topological polar surface area (TPSA) is 25.3 Å². The summed E-state index contributed by atoms with van der Waals surface area (Å²) < 4.78 is 1.56. The third-order valence-electron chi connectivity index (χ3n) is 7.46. The van der Waals surface area contributed by atoms with E-state index < -0.39 is 0 Å². The molecule has 0 aliphatic carbocycles. The molecular formula is C36H54N2Pd. The van der Waals surface area contributed by atoms with Gasteiger partial charge in [-0.1, -0.05) is 90.5 Å². The van der Waals surface area contributed by atoms with Crippen LogP contribution in [0.2, 0.25) is 0 Å². The number of allylic oxidation sites excluding steroid dienone is 2. The summed E-state index contributed by atoms with van der Waals surface area (Å²) in [6, 6.07) is 17.8. The molecule has 0 saturated heterocycles. The molecule has 0 bridgehead atoms. The Morgan fingerprint density at radius 3 is 1.28 bits per heavy atom. The number of rotatable bonds is 16. The zero-order chi connectivity index (χ0) is 25.8. The van der Waals surface area contributed by atoms with Crippen LogP contribution in [0.5, 0.6) is 0 Å². The van der Waals surface area contributed by atoms with Crippen LogP contribution in [0.1, 0.15) is 127 Å². The number of aryl methyl sites for hydroxylation is 2. The quantitative estimate of drug-likeness (QED) is 0.0772. The largest absolute Gasteiger partial charge is 2.00 e. The van der Waals surface area contributed by atoms with Crippen molar-refractivity contribution in [2.45, 2.75) is 118 Å². The molecule has 218 valence electrons. The molecule has 0 N–H and O–H groups in total. The molecule has 3 rings (SSSR count). The van der Waals surface area contributed by atoms with Crippen LogP contribution in [0, 0.1) is 14.9 Å². The molecule has 2 aromatic carbocycles. The van der Waals surface area contributed by atoms with Gasteiger partial charge in [0.2, 0.25) is 11.4 Å². The molecule has 2 nitrogen and oxygen atoms in total. The van der Waals surface area contributed by atoms with E-state index in [1.54, 1.807) is 4.70 Å². The van der Waals surface area contributed by atoms with Crippen LogP contribution in [0.25, 0.3) is 16.9 Å². The van der Waals surface area contributed by atoms with Gasteiger partial charge in [0, 0.05) is 22.3 Å². The first-order valence-electron chi connectivity index (χ1n) is 14.8. The van der Waals surface area contributed by atoms with Crippen molar-refractivity contribution in [3.05, 3.63) is 102 Å². The number of hydrogen-bond donors (Lipinski definition) is 0. The molecule has 0 amide bonds. The van der Waals surface area contributed by atoms with Gasteiger partial charge < -0.3 is 20.4 Å². The van der Waals surface area contributed by atoms with Crippen LogP contribution in [0.3, 0.4) is 0 Å². The Labute approximate surface area is 255 Å². The maximum Gasteiger partial charge on any atom is 2.00 e. The second-order valence-electron chi connectivity index (χ2n) is 10.5. The summed E-state index contributed by atoms with van der Waals surface area (Å²) in [5.41, 5.74) is 21.7. The van der Waals surface area contributed by atoms with Gasteiger partial charge in [-0.2, -0.15) is 0 Å². The number of nitrogens with zero attached hydrogens (tertiary/aromatic N) is 2. The van der Waals surface area contributed by atoms with Crippen LogP contribution in [-0.4, -0.2) is 4.70 Å². The zero-order valence-electron chi connectivity index (χ0n) is 25.7. The Morgan fingerprint density at radius 1 is 0.538 bits per heavy atom. The van der Waals surface area contributed by atoms with Crippen molar-refractivity contribution in [3.8, 4) is 0 Å². The summed E-state index contributed by atoms with van der Waals surface area (Å²) in [5.74, 6) is 0. The minimum absolute atomic E-state index is 0. The van der Waals surface area contributed by atoms with Gasteiger partial charge in [0.05, 0.1) is 0 Å². The molecule has 0 saturated carbocycles. The Kier molecular flexibility index (Phi) is 19.2. The first-order valence-corrected chi connectivity index (χ1v) is 14.8. The van der Waals surface area contributed by atoms with Crippen LogP contribution in [0.4, 0.5) is 0 Å². The smallest absolute Gasteiger partial charge is 0.493 e. The van der Waals surface area contributed by atoms with Gasteiger partial charge in [0.15, 0.2) is 0 Å². The van der Waals surface area contributed by atoms with E-state index in [-0.39, 0.29) is 35.3 Å². The van der Waals surface area contributed by atoms with Crippen LogP contribution in [-0.2, 0) is 33.3 Å². The Hall–Kier alpha value is -1.82. The fourth-order valence-corrected chi connectivity index (χ4v) is 5.40. The minimum atomic E-state index is 0. The number of benzene rings is 2. The van der Waals surface area contributed by atoms with E-state index in [2.05, 4.69) is 76.2 Å². The van der Waals surface area contributed by atoms with Crippen molar-refractivity contribution >= 4 is 11.4 Å². The van der Waals surface area contributed by atoms with Crippen molar-refractivity contribution in [3.63, 3.8) is 0 Å². The average Bonchev–Trinajstić information content (AvgIpc) is 3.17. The van der Waals surface area contributed by atoms with Crippen molar-refractivity contribution in [1.29, 1.82) is 0 Å². The fraction of sp³-hybridized carbons (Fsp3) is 0.500. The molecule has 3 heteroatoms. The number of hydrogen-bond acceptors (Lipinski definition) is 0. The van der Waals surface area contributed by atoms with Crippen molar-refractivity contribution in [2.75, 3.05) is 0 Å². The third kappa shape index (κ3) is 10.3. The Balaban J connectivity index is 0.00000481. The molecule has 0 fully saturated rings. The molecule has 1 heterocycles. The summed E-state index contributed by atoms with van der Waals surface area (Å²) in [6.07, 6.45) is 16.2. The predicted molar refractivity (Wildman–Crippen MR) is 169 cm³/mol. The van der Waals surface area contributed by atoms with E-state index in [4.69, 9.17) is 0 Å². The fourth-order valence-electron chi connectivity index (χ4n) is 5.40. The molecule has 0 atom stereocenters. The maximum atomic E-state index is 11.9. The zero-order valence-corrected chi connectivity index (χ0v) is 27.3. The van der Waals surface area contributed by atoms with E-state index in [1.165, 1.54) is 86.5 Å². The van der Waals surface area contributed by atoms with E-state index in [9.17, 15) is 5.53 Å². The molecule has 0 radical (unpaired) electrons. The predicted octanol–water partition coefficient (Wildman–Crippen LogP) is 11.6. The van der Waals surface area contributed by atoms with Gasteiger partial charge in [0.25, 0.3) is 0 Å². The van der Waals surface area contributed by atoms with E-state index in [1.807, 2.05) is 0 Å². The van der Waals surface area contributed by atoms with E-state index in [0.717, 1.165) is 48.2 Å². The normalized spacial score (nSPS) is 12.8. The van der Waals surface area contributed by atoms with Crippen LogP contribution in [0.15, 0.2) is 59.7 Å². The second-order valence-corrected chi connectivity index (χ2v) is 10.5. The first-order chi connectivity index (χ1) is 17.6. The average molecular weight is 621 g/mol. The molecule has 2 aromatic rings. The molecule has 1 aliphatic heterocycles. The standard InChI is InChI=1S/C34H48N2.2CH3.Pd/c1-5-9-13-23-31-32(24-14-10-6-2)34(30-22-16-20-28(26-30)18-12-8-4)36(35)33(31)29-21-15-19-27(25-29)17-11-7-3;;;/h15-16,19-22,25-26H,5-14,17-18,23-24H2,1-4H3;2*1H3;/q;2*-1;+2. The molecule has 0 spiro atoms. The minimum Gasteiger partial charge on any atom is -0.493 e. The van der Waals surface area contributed by atoms with Gasteiger partial charge in [0.1, 0.15) is 0 Å². The Bertz CT molecular complexity index is 980. The Morgan fingerprint density at radius 2 is 0.923 bits per heavy atom. The second kappa shape index (κ2) is 20.1. The van der Waals surface area contributed by atoms with E-state index >= 15 is 0 Å². The third-order valence-corrected chi connectivity index (χ3v) is 7.46. The van der Waals surface area contributed by atoms with Crippen molar-refractivity contribution in [1.82, 2.24) is 0 Å². The van der Waals surface area contributed by atoms with E-state index in [0.29, 0.717) is 0 Å². The summed E-state index contributed by atoms with van der Waals surface area (Å²) >= 11 is 0. The summed E-state index contributed by atoms with van der Waals surface area (Å²) in [7, 11) is 0. The van der Waals surface area contributed by atoms with Crippen molar-refractivity contribution < 1.29 is 25.1 Å². The van der Waals surface area contributed by atoms with Gasteiger partial charge in [-0.05, 0) is 86.8 Å². The van der Waals surface area contributed by atoms with Crippen molar-refractivity contribution in [2.24, 2.45) is 0 Å².